The van der Waals surface area contributed by atoms with E-state index >= 15 is 0 Å². The van der Waals surface area contributed by atoms with E-state index in [0.717, 1.165) is 6.26 Å². The zero-order valence-electron chi connectivity index (χ0n) is 10.9. The van der Waals surface area contributed by atoms with Crippen molar-refractivity contribution >= 4 is 25.5 Å². The van der Waals surface area contributed by atoms with Gasteiger partial charge in [0.1, 0.15) is 14.7 Å². The number of benzene rings is 1. The van der Waals surface area contributed by atoms with Crippen molar-refractivity contribution in [1.29, 1.82) is 0 Å². The van der Waals surface area contributed by atoms with Crippen molar-refractivity contribution in [2.24, 2.45) is 0 Å². The average molecular weight is 306 g/mol. The highest BCUT2D eigenvalue weighted by atomic mass is 32.2. The SMILES string of the molecule is CCNS(=O)(=O)c1ccccc1NCCS(C)(=O)=O. The van der Waals surface area contributed by atoms with Crippen molar-refractivity contribution in [2.45, 2.75) is 11.8 Å². The lowest BCUT2D eigenvalue weighted by Gasteiger charge is -2.12. The first kappa shape index (κ1) is 15.9. The molecule has 108 valence electrons. The number of hydrogen-bond acceptors (Lipinski definition) is 5. The topological polar surface area (TPSA) is 92.3 Å². The van der Waals surface area contributed by atoms with Crippen LogP contribution < -0.4 is 10.0 Å². The van der Waals surface area contributed by atoms with Crippen LogP contribution in [-0.4, -0.2) is 41.9 Å². The molecule has 0 radical (unpaired) electrons. The van der Waals surface area contributed by atoms with E-state index in [2.05, 4.69) is 10.0 Å². The summed E-state index contributed by atoms with van der Waals surface area (Å²) in [6.45, 7) is 2.15. The number of anilines is 1. The third kappa shape index (κ3) is 5.17. The van der Waals surface area contributed by atoms with Gasteiger partial charge in [-0.3, -0.25) is 0 Å². The molecule has 0 saturated carbocycles. The van der Waals surface area contributed by atoms with E-state index in [1.54, 1.807) is 25.1 Å². The van der Waals surface area contributed by atoms with Crippen molar-refractivity contribution in [3.8, 4) is 0 Å². The Kier molecular flexibility index (Phi) is 5.33. The van der Waals surface area contributed by atoms with Crippen LogP contribution in [0.5, 0.6) is 0 Å². The summed E-state index contributed by atoms with van der Waals surface area (Å²) in [4.78, 5) is 0.116. The van der Waals surface area contributed by atoms with Crippen LogP contribution in [0, 0.1) is 0 Å². The summed E-state index contributed by atoms with van der Waals surface area (Å²) in [7, 11) is -6.65. The number of nitrogens with one attached hydrogen (secondary N) is 2. The fourth-order valence-electron chi connectivity index (χ4n) is 1.49. The Hall–Kier alpha value is -1.12. The molecule has 0 aromatic heterocycles. The Labute approximate surface area is 114 Å². The van der Waals surface area contributed by atoms with Gasteiger partial charge >= 0.3 is 0 Å². The van der Waals surface area contributed by atoms with Gasteiger partial charge in [-0.2, -0.15) is 0 Å². The van der Waals surface area contributed by atoms with Crippen LogP contribution in [-0.2, 0) is 19.9 Å². The summed E-state index contributed by atoms with van der Waals surface area (Å²) in [5.41, 5.74) is 0.395. The lowest BCUT2D eigenvalue weighted by atomic mass is 10.3. The standard InChI is InChI=1S/C11H18N2O4S2/c1-3-13-19(16,17)11-7-5-4-6-10(11)12-8-9-18(2,14)15/h4-7,12-13H,3,8-9H2,1-2H3. The second kappa shape index (κ2) is 6.36. The first-order valence-corrected chi connectivity index (χ1v) is 9.31. The van der Waals surface area contributed by atoms with Crippen LogP contribution in [0.25, 0.3) is 0 Å². The van der Waals surface area contributed by atoms with Crippen molar-refractivity contribution < 1.29 is 16.8 Å². The maximum Gasteiger partial charge on any atom is 0.242 e. The normalized spacial score (nSPS) is 12.3. The number of hydrogen-bond donors (Lipinski definition) is 2. The van der Waals surface area contributed by atoms with Crippen LogP contribution >= 0.6 is 0 Å². The maximum absolute atomic E-state index is 11.9. The average Bonchev–Trinajstić information content (AvgIpc) is 2.27. The Morgan fingerprint density at radius 1 is 1.11 bits per heavy atom. The monoisotopic (exact) mass is 306 g/mol. The number of para-hydroxylation sites is 1. The van der Waals surface area contributed by atoms with E-state index in [1.165, 1.54) is 6.07 Å². The molecule has 1 aromatic carbocycles. The molecule has 0 unspecified atom stereocenters. The molecule has 1 aromatic rings. The highest BCUT2D eigenvalue weighted by molar-refractivity contribution is 7.90. The predicted octanol–water partition coefficient (Wildman–Crippen LogP) is 0.441. The molecule has 0 aliphatic carbocycles. The van der Waals surface area contributed by atoms with E-state index in [1.807, 2.05) is 0 Å². The van der Waals surface area contributed by atoms with Gasteiger partial charge in [0.25, 0.3) is 0 Å². The fraction of sp³-hybridized carbons (Fsp3) is 0.455. The van der Waals surface area contributed by atoms with Gasteiger partial charge in [0.05, 0.1) is 11.4 Å². The molecule has 0 heterocycles. The quantitative estimate of drug-likeness (QED) is 0.762. The minimum Gasteiger partial charge on any atom is -0.383 e. The van der Waals surface area contributed by atoms with Gasteiger partial charge in [-0.1, -0.05) is 19.1 Å². The fourth-order valence-corrected chi connectivity index (χ4v) is 3.18. The Balaban J connectivity index is 2.91. The van der Waals surface area contributed by atoms with E-state index in [9.17, 15) is 16.8 Å². The summed E-state index contributed by atoms with van der Waals surface area (Å²) in [6, 6.07) is 6.38. The molecule has 2 N–H and O–H groups in total. The molecule has 0 bridgehead atoms. The van der Waals surface area contributed by atoms with Crippen molar-refractivity contribution in [1.82, 2.24) is 4.72 Å². The van der Waals surface area contributed by atoms with E-state index in [0.29, 0.717) is 12.2 Å². The molecule has 6 nitrogen and oxygen atoms in total. The molecule has 0 amide bonds. The molecule has 0 spiro atoms. The van der Waals surface area contributed by atoms with Gasteiger partial charge in [-0.15, -0.1) is 0 Å². The third-order valence-corrected chi connectivity index (χ3v) is 4.85. The first-order valence-electron chi connectivity index (χ1n) is 5.76. The molecular weight excluding hydrogens is 288 g/mol. The second-order valence-electron chi connectivity index (χ2n) is 4.05. The lowest BCUT2D eigenvalue weighted by Crippen LogP contribution is -2.24. The van der Waals surface area contributed by atoms with Gasteiger partial charge in [0, 0.05) is 19.3 Å². The molecule has 0 aliphatic rings. The zero-order chi connectivity index (χ0) is 14.5. The van der Waals surface area contributed by atoms with Crippen molar-refractivity contribution in [3.05, 3.63) is 24.3 Å². The molecule has 0 atom stereocenters. The molecule has 0 fully saturated rings. The molecule has 0 aliphatic heterocycles. The van der Waals surface area contributed by atoms with Crippen LogP contribution in [0.4, 0.5) is 5.69 Å². The number of sulfone groups is 1. The van der Waals surface area contributed by atoms with Crippen LogP contribution in [0.2, 0.25) is 0 Å². The number of rotatable bonds is 7. The van der Waals surface area contributed by atoms with Crippen LogP contribution in [0.1, 0.15) is 6.92 Å². The van der Waals surface area contributed by atoms with Gasteiger partial charge < -0.3 is 5.32 Å². The van der Waals surface area contributed by atoms with Gasteiger partial charge in [0.2, 0.25) is 10.0 Å². The minimum absolute atomic E-state index is 0.0530. The highest BCUT2D eigenvalue weighted by Gasteiger charge is 2.16. The molecular formula is C11H18N2O4S2. The maximum atomic E-state index is 11.9. The van der Waals surface area contributed by atoms with E-state index in [-0.39, 0.29) is 17.2 Å². The molecule has 8 heteroatoms. The van der Waals surface area contributed by atoms with Gasteiger partial charge in [-0.25, -0.2) is 21.6 Å². The van der Waals surface area contributed by atoms with Gasteiger partial charge in [0.15, 0.2) is 0 Å². The summed E-state index contributed by atoms with van der Waals surface area (Å²) < 4.78 is 48.4. The van der Waals surface area contributed by atoms with Crippen molar-refractivity contribution in [2.75, 3.05) is 30.4 Å². The summed E-state index contributed by atoms with van der Waals surface area (Å²) in [5, 5.41) is 2.84. The largest absolute Gasteiger partial charge is 0.383 e. The third-order valence-electron chi connectivity index (χ3n) is 2.30. The van der Waals surface area contributed by atoms with Crippen molar-refractivity contribution in [3.63, 3.8) is 0 Å². The Morgan fingerprint density at radius 3 is 2.32 bits per heavy atom. The number of sulfonamides is 1. The van der Waals surface area contributed by atoms with Gasteiger partial charge in [-0.05, 0) is 12.1 Å². The Bertz CT molecular complexity index is 624. The highest BCUT2D eigenvalue weighted by Crippen LogP contribution is 2.20. The Morgan fingerprint density at radius 2 is 1.74 bits per heavy atom. The smallest absolute Gasteiger partial charge is 0.242 e. The summed E-state index contributed by atoms with van der Waals surface area (Å²) in [6.07, 6.45) is 1.13. The van der Waals surface area contributed by atoms with Crippen LogP contribution in [0.3, 0.4) is 0 Å². The summed E-state index contributed by atoms with van der Waals surface area (Å²) in [5.74, 6) is -0.0530. The second-order valence-corrected chi connectivity index (χ2v) is 8.05. The molecule has 19 heavy (non-hydrogen) atoms. The molecule has 1 rings (SSSR count). The lowest BCUT2D eigenvalue weighted by molar-refractivity contribution is 0.584. The first-order chi connectivity index (χ1) is 8.76. The molecule has 0 saturated heterocycles. The summed E-state index contributed by atoms with van der Waals surface area (Å²) >= 11 is 0. The minimum atomic E-state index is -3.57. The van der Waals surface area contributed by atoms with E-state index in [4.69, 9.17) is 0 Å². The van der Waals surface area contributed by atoms with Crippen LogP contribution in [0.15, 0.2) is 29.2 Å². The zero-order valence-corrected chi connectivity index (χ0v) is 12.5. The predicted molar refractivity (Wildman–Crippen MR) is 75.5 cm³/mol. The van der Waals surface area contributed by atoms with E-state index < -0.39 is 19.9 Å².